The summed E-state index contributed by atoms with van der Waals surface area (Å²) in [5, 5.41) is 9.04. The number of rotatable bonds is 4. The van der Waals surface area contributed by atoms with Gasteiger partial charge >= 0.3 is 0 Å². The molecule has 0 aliphatic carbocycles. The number of nitrogens with two attached hydrogens (primary N) is 1. The van der Waals surface area contributed by atoms with Gasteiger partial charge in [-0.05, 0) is 17.7 Å². The minimum absolute atomic E-state index is 0.0558. The molecule has 0 spiro atoms. The Morgan fingerprint density at radius 3 is 2.78 bits per heavy atom. The van der Waals surface area contributed by atoms with E-state index in [-0.39, 0.29) is 24.1 Å². The maximum Gasteiger partial charge on any atom is 0.249 e. The van der Waals surface area contributed by atoms with Crippen LogP contribution in [0.25, 0.3) is 0 Å². The molecule has 94 valence electrons. The van der Waals surface area contributed by atoms with Crippen LogP contribution in [-0.4, -0.2) is 22.2 Å². The average Bonchev–Trinajstić information content (AvgIpc) is 2.41. The molecule has 0 saturated heterocycles. The lowest BCUT2D eigenvalue weighted by Crippen LogP contribution is -2.00. The Labute approximate surface area is 104 Å². The smallest absolute Gasteiger partial charge is 0.249 e. The van der Waals surface area contributed by atoms with E-state index in [1.165, 1.54) is 13.4 Å². The molecule has 2 aromatic rings. The Morgan fingerprint density at radius 2 is 2.06 bits per heavy atom. The molecule has 2 rings (SSSR count). The molecule has 0 radical (unpaired) electrons. The van der Waals surface area contributed by atoms with E-state index in [4.69, 9.17) is 20.3 Å². The van der Waals surface area contributed by atoms with E-state index < -0.39 is 0 Å². The van der Waals surface area contributed by atoms with Crippen molar-refractivity contribution in [3.05, 3.63) is 36.2 Å². The Morgan fingerprint density at radius 1 is 1.28 bits per heavy atom. The normalized spacial score (nSPS) is 10.1. The number of anilines is 1. The lowest BCUT2D eigenvalue weighted by Gasteiger charge is -2.09. The number of aliphatic hydroxyl groups excluding tert-OH is 1. The average molecular weight is 247 g/mol. The van der Waals surface area contributed by atoms with Crippen LogP contribution < -0.4 is 15.2 Å². The van der Waals surface area contributed by atoms with Gasteiger partial charge in [-0.1, -0.05) is 12.1 Å². The predicted octanol–water partition coefficient (Wildman–Crippen LogP) is 1.35. The first-order chi connectivity index (χ1) is 8.74. The number of nitrogens with zero attached hydrogens (tertiary/aromatic N) is 2. The first-order valence-corrected chi connectivity index (χ1v) is 5.26. The van der Waals surface area contributed by atoms with E-state index in [9.17, 15) is 0 Å². The summed E-state index contributed by atoms with van der Waals surface area (Å²) in [7, 11) is 1.47. The molecule has 1 aromatic carbocycles. The minimum atomic E-state index is -0.0558. The van der Waals surface area contributed by atoms with Crippen LogP contribution in [0.1, 0.15) is 5.56 Å². The second-order valence-electron chi connectivity index (χ2n) is 3.51. The molecule has 1 heterocycles. The molecule has 6 nitrogen and oxygen atoms in total. The Balaban J connectivity index is 2.28. The van der Waals surface area contributed by atoms with E-state index in [1.54, 1.807) is 24.3 Å². The van der Waals surface area contributed by atoms with E-state index in [0.717, 1.165) is 5.56 Å². The second kappa shape index (κ2) is 5.33. The minimum Gasteiger partial charge on any atom is -0.479 e. The molecule has 6 heteroatoms. The molecule has 3 N–H and O–H groups in total. The van der Waals surface area contributed by atoms with Gasteiger partial charge in [-0.2, -0.15) is 9.97 Å². The summed E-state index contributed by atoms with van der Waals surface area (Å²) >= 11 is 0. The molecule has 0 aliphatic heterocycles. The van der Waals surface area contributed by atoms with Gasteiger partial charge in [0.25, 0.3) is 0 Å². The molecule has 18 heavy (non-hydrogen) atoms. The molecular formula is C12H13N3O3. The number of methoxy groups -OCH3 is 1. The number of ether oxygens (including phenoxy) is 2. The Bertz CT molecular complexity index is 546. The lowest BCUT2D eigenvalue weighted by atomic mass is 10.2. The first kappa shape index (κ1) is 12.1. The molecule has 0 fully saturated rings. The zero-order chi connectivity index (χ0) is 13.0. The highest BCUT2D eigenvalue weighted by molar-refractivity contribution is 5.56. The topological polar surface area (TPSA) is 90.5 Å². The second-order valence-corrected chi connectivity index (χ2v) is 3.51. The maximum atomic E-state index is 9.04. The number of nitrogen functional groups attached to an aromatic ring is 1. The maximum absolute atomic E-state index is 9.04. The quantitative estimate of drug-likeness (QED) is 0.847. The molecule has 0 aliphatic rings. The van der Waals surface area contributed by atoms with Gasteiger partial charge in [0.05, 0.1) is 13.7 Å². The predicted molar refractivity (Wildman–Crippen MR) is 65.4 cm³/mol. The van der Waals surface area contributed by atoms with Crippen molar-refractivity contribution in [2.24, 2.45) is 0 Å². The molecule has 0 atom stereocenters. The van der Waals surface area contributed by atoms with Crippen LogP contribution in [0.5, 0.6) is 17.5 Å². The lowest BCUT2D eigenvalue weighted by molar-refractivity contribution is 0.281. The summed E-state index contributed by atoms with van der Waals surface area (Å²) in [5.74, 6) is 1.02. The monoisotopic (exact) mass is 247 g/mol. The molecule has 1 aromatic heterocycles. The molecule has 0 bridgehead atoms. The summed E-state index contributed by atoms with van der Waals surface area (Å²) < 4.78 is 10.5. The van der Waals surface area contributed by atoms with Gasteiger partial charge in [0.1, 0.15) is 12.1 Å². The van der Waals surface area contributed by atoms with Crippen LogP contribution in [0, 0.1) is 0 Å². The van der Waals surface area contributed by atoms with Gasteiger partial charge in [-0.3, -0.25) is 0 Å². The molecule has 0 unspecified atom stereocenters. The van der Waals surface area contributed by atoms with E-state index in [1.807, 2.05) is 0 Å². The van der Waals surface area contributed by atoms with Crippen molar-refractivity contribution in [3.8, 4) is 17.5 Å². The third-order valence-corrected chi connectivity index (χ3v) is 2.30. The zero-order valence-corrected chi connectivity index (χ0v) is 9.83. The van der Waals surface area contributed by atoms with Crippen molar-refractivity contribution in [1.82, 2.24) is 9.97 Å². The summed E-state index contributed by atoms with van der Waals surface area (Å²) in [4.78, 5) is 7.79. The van der Waals surface area contributed by atoms with Gasteiger partial charge in [-0.25, -0.2) is 0 Å². The van der Waals surface area contributed by atoms with Gasteiger partial charge in [0.2, 0.25) is 11.8 Å². The van der Waals surface area contributed by atoms with Crippen LogP contribution in [0.3, 0.4) is 0 Å². The van der Waals surface area contributed by atoms with Crippen molar-refractivity contribution >= 4 is 5.69 Å². The van der Waals surface area contributed by atoms with Crippen LogP contribution >= 0.6 is 0 Å². The SMILES string of the molecule is COc1ncnc(Oc2cccc(CO)c2)c1N. The van der Waals surface area contributed by atoms with Crippen LogP contribution in [0.2, 0.25) is 0 Å². The van der Waals surface area contributed by atoms with Gasteiger partial charge in [0.15, 0.2) is 5.69 Å². The highest BCUT2D eigenvalue weighted by atomic mass is 16.5. The zero-order valence-electron chi connectivity index (χ0n) is 9.83. The van der Waals surface area contributed by atoms with Crippen molar-refractivity contribution in [2.75, 3.05) is 12.8 Å². The van der Waals surface area contributed by atoms with E-state index in [0.29, 0.717) is 5.75 Å². The van der Waals surface area contributed by atoms with Gasteiger partial charge < -0.3 is 20.3 Å². The van der Waals surface area contributed by atoms with Crippen molar-refractivity contribution in [2.45, 2.75) is 6.61 Å². The number of hydrogen-bond donors (Lipinski definition) is 2. The fourth-order valence-electron chi connectivity index (χ4n) is 1.43. The highest BCUT2D eigenvalue weighted by Gasteiger charge is 2.10. The van der Waals surface area contributed by atoms with Gasteiger partial charge in [-0.15, -0.1) is 0 Å². The van der Waals surface area contributed by atoms with Crippen molar-refractivity contribution in [3.63, 3.8) is 0 Å². The summed E-state index contributed by atoms with van der Waals surface area (Å²) in [6.07, 6.45) is 1.31. The number of aliphatic hydroxyl groups is 1. The molecule has 0 amide bonds. The third kappa shape index (κ3) is 2.49. The highest BCUT2D eigenvalue weighted by Crippen LogP contribution is 2.30. The number of hydrogen-bond acceptors (Lipinski definition) is 6. The largest absolute Gasteiger partial charge is 0.479 e. The first-order valence-electron chi connectivity index (χ1n) is 5.26. The van der Waals surface area contributed by atoms with Crippen molar-refractivity contribution in [1.29, 1.82) is 0 Å². The summed E-state index contributed by atoms with van der Waals surface area (Å²) in [6.45, 7) is -0.0558. The van der Waals surface area contributed by atoms with Crippen LogP contribution in [0.15, 0.2) is 30.6 Å². The van der Waals surface area contributed by atoms with Crippen molar-refractivity contribution < 1.29 is 14.6 Å². The fourth-order valence-corrected chi connectivity index (χ4v) is 1.43. The summed E-state index contributed by atoms with van der Waals surface area (Å²) in [5.41, 5.74) is 6.76. The third-order valence-electron chi connectivity index (χ3n) is 2.30. The molecule has 0 saturated carbocycles. The van der Waals surface area contributed by atoms with Gasteiger partial charge in [0, 0.05) is 0 Å². The van der Waals surface area contributed by atoms with Crippen LogP contribution in [-0.2, 0) is 6.61 Å². The standard InChI is InChI=1S/C12H13N3O3/c1-17-11-10(13)12(15-7-14-11)18-9-4-2-3-8(5-9)6-16/h2-5,7,16H,6,13H2,1H3. The number of benzene rings is 1. The van der Waals surface area contributed by atoms with E-state index >= 15 is 0 Å². The summed E-state index contributed by atoms with van der Waals surface area (Å²) in [6, 6.07) is 7.01. The van der Waals surface area contributed by atoms with Crippen LogP contribution in [0.4, 0.5) is 5.69 Å². The molecular weight excluding hydrogens is 234 g/mol. The Kier molecular flexibility index (Phi) is 3.59. The number of aromatic nitrogens is 2. The van der Waals surface area contributed by atoms with E-state index in [2.05, 4.69) is 9.97 Å². The fraction of sp³-hybridized carbons (Fsp3) is 0.167. The Hall–Kier alpha value is -2.34.